The number of rotatable bonds is 7. The molecule has 4 aromatic carbocycles. The first kappa shape index (κ1) is 23.0. The van der Waals surface area contributed by atoms with Crippen molar-refractivity contribution in [1.29, 1.82) is 0 Å². The topological polar surface area (TPSA) is 77.0 Å². The lowest BCUT2D eigenvalue weighted by molar-refractivity contribution is -0.123. The van der Waals surface area contributed by atoms with Crippen molar-refractivity contribution in [2.24, 2.45) is 5.10 Å². The Kier molecular flexibility index (Phi) is 7.20. The van der Waals surface area contributed by atoms with Crippen LogP contribution in [0.15, 0.2) is 90.0 Å². The maximum atomic E-state index is 12.7. The van der Waals surface area contributed by atoms with E-state index in [4.69, 9.17) is 21.1 Å². The molecule has 0 atom stereocenters. The van der Waals surface area contributed by atoms with Crippen molar-refractivity contribution >= 4 is 40.5 Å². The SMILES string of the molecule is Cc1ccc(C(=O)Oc2ccc3ccccc3c2/C=N/NC(=O)COc2cccc(Cl)c2)cc1. The van der Waals surface area contributed by atoms with Gasteiger partial charge in [0.2, 0.25) is 0 Å². The number of carbonyl (C=O) groups is 2. The van der Waals surface area contributed by atoms with Gasteiger partial charge in [-0.25, -0.2) is 10.2 Å². The van der Waals surface area contributed by atoms with Crippen LogP contribution in [-0.4, -0.2) is 24.7 Å². The lowest BCUT2D eigenvalue weighted by atomic mass is 10.0. The molecule has 0 saturated heterocycles. The van der Waals surface area contributed by atoms with Gasteiger partial charge in [-0.05, 0) is 54.1 Å². The second kappa shape index (κ2) is 10.6. The van der Waals surface area contributed by atoms with Crippen LogP contribution in [0, 0.1) is 6.92 Å². The number of esters is 1. The maximum absolute atomic E-state index is 12.7. The van der Waals surface area contributed by atoms with E-state index in [9.17, 15) is 9.59 Å². The van der Waals surface area contributed by atoms with Gasteiger partial charge in [0.05, 0.1) is 11.8 Å². The lowest BCUT2D eigenvalue weighted by Crippen LogP contribution is -2.24. The van der Waals surface area contributed by atoms with Crippen LogP contribution in [-0.2, 0) is 4.79 Å². The first-order valence-corrected chi connectivity index (χ1v) is 10.9. The van der Waals surface area contributed by atoms with E-state index in [1.165, 1.54) is 6.21 Å². The standard InChI is InChI=1S/C27H21ClN2O4/c1-18-9-11-20(12-10-18)27(32)34-25-14-13-19-5-2-3-8-23(19)24(25)16-29-30-26(31)17-33-22-7-4-6-21(28)15-22/h2-16H,17H2,1H3,(H,30,31)/b29-16+. The summed E-state index contributed by atoms with van der Waals surface area (Å²) in [6.07, 6.45) is 1.46. The third-order valence-electron chi connectivity index (χ3n) is 4.97. The zero-order chi connectivity index (χ0) is 23.9. The molecule has 7 heteroatoms. The third-order valence-corrected chi connectivity index (χ3v) is 5.20. The molecule has 0 heterocycles. The second-order valence-electron chi connectivity index (χ2n) is 7.49. The zero-order valence-electron chi connectivity index (χ0n) is 18.3. The molecular formula is C27H21ClN2O4. The van der Waals surface area contributed by atoms with E-state index in [-0.39, 0.29) is 6.61 Å². The molecule has 4 aromatic rings. The number of halogens is 1. The Morgan fingerprint density at radius 2 is 1.76 bits per heavy atom. The quantitative estimate of drug-likeness (QED) is 0.165. The number of nitrogens with zero attached hydrogens (tertiary/aromatic N) is 1. The number of hydrazone groups is 1. The summed E-state index contributed by atoms with van der Waals surface area (Å²) in [5, 5.41) is 6.33. The van der Waals surface area contributed by atoms with E-state index in [1.807, 2.05) is 49.4 Å². The Bertz CT molecular complexity index is 1370. The second-order valence-corrected chi connectivity index (χ2v) is 7.93. The van der Waals surface area contributed by atoms with Crippen LogP contribution in [0.25, 0.3) is 10.8 Å². The summed E-state index contributed by atoms with van der Waals surface area (Å²) in [4.78, 5) is 24.8. The number of nitrogens with one attached hydrogen (secondary N) is 1. The first-order valence-electron chi connectivity index (χ1n) is 10.5. The number of fused-ring (bicyclic) bond motifs is 1. The average Bonchev–Trinajstić information content (AvgIpc) is 2.84. The van der Waals surface area contributed by atoms with Crippen molar-refractivity contribution in [3.05, 3.63) is 107 Å². The molecule has 34 heavy (non-hydrogen) atoms. The van der Waals surface area contributed by atoms with Gasteiger partial charge in [0, 0.05) is 10.6 Å². The number of amides is 1. The molecule has 1 amide bonds. The van der Waals surface area contributed by atoms with Crippen LogP contribution in [0.4, 0.5) is 0 Å². The van der Waals surface area contributed by atoms with Gasteiger partial charge in [-0.1, -0.05) is 65.7 Å². The average molecular weight is 473 g/mol. The summed E-state index contributed by atoms with van der Waals surface area (Å²) >= 11 is 5.92. The molecule has 0 aromatic heterocycles. The van der Waals surface area contributed by atoms with Crippen LogP contribution in [0.2, 0.25) is 5.02 Å². The summed E-state index contributed by atoms with van der Waals surface area (Å²) in [5.74, 6) is -0.123. The normalized spacial score (nSPS) is 10.9. The Labute approximate surface area is 201 Å². The van der Waals surface area contributed by atoms with Gasteiger partial charge in [-0.2, -0.15) is 5.10 Å². The summed E-state index contributed by atoms with van der Waals surface area (Å²) in [6, 6.07) is 25.1. The predicted molar refractivity (Wildman–Crippen MR) is 133 cm³/mol. The van der Waals surface area contributed by atoms with Gasteiger partial charge in [-0.15, -0.1) is 0 Å². The van der Waals surface area contributed by atoms with E-state index in [0.717, 1.165) is 16.3 Å². The zero-order valence-corrected chi connectivity index (χ0v) is 19.1. The molecule has 0 saturated carbocycles. The number of ether oxygens (including phenoxy) is 2. The third kappa shape index (κ3) is 5.79. The van der Waals surface area contributed by atoms with Crippen molar-refractivity contribution in [2.45, 2.75) is 6.92 Å². The van der Waals surface area contributed by atoms with E-state index in [1.54, 1.807) is 42.5 Å². The molecule has 0 aliphatic carbocycles. The first-order chi connectivity index (χ1) is 16.5. The molecular weight excluding hydrogens is 452 g/mol. The minimum absolute atomic E-state index is 0.234. The van der Waals surface area contributed by atoms with Gasteiger partial charge in [0.1, 0.15) is 11.5 Å². The fraction of sp³-hybridized carbons (Fsp3) is 0.0741. The summed E-state index contributed by atoms with van der Waals surface area (Å²) < 4.78 is 11.1. The van der Waals surface area contributed by atoms with E-state index < -0.39 is 11.9 Å². The fourth-order valence-electron chi connectivity index (χ4n) is 3.25. The summed E-state index contributed by atoms with van der Waals surface area (Å²) in [7, 11) is 0. The minimum Gasteiger partial charge on any atom is -0.484 e. The number of carbonyl (C=O) groups excluding carboxylic acids is 2. The molecule has 6 nitrogen and oxygen atoms in total. The van der Waals surface area contributed by atoms with Crippen LogP contribution in [0.3, 0.4) is 0 Å². The highest BCUT2D eigenvalue weighted by Gasteiger charge is 2.13. The summed E-state index contributed by atoms with van der Waals surface area (Å²) in [5.41, 5.74) is 4.48. The molecule has 4 rings (SSSR count). The largest absolute Gasteiger partial charge is 0.484 e. The smallest absolute Gasteiger partial charge is 0.343 e. The fourth-order valence-corrected chi connectivity index (χ4v) is 3.43. The monoisotopic (exact) mass is 472 g/mol. The van der Waals surface area contributed by atoms with Crippen LogP contribution < -0.4 is 14.9 Å². The van der Waals surface area contributed by atoms with Crippen molar-refractivity contribution in [3.8, 4) is 11.5 Å². The Morgan fingerprint density at radius 3 is 2.56 bits per heavy atom. The van der Waals surface area contributed by atoms with Gasteiger partial charge in [0.25, 0.3) is 5.91 Å². The van der Waals surface area contributed by atoms with E-state index >= 15 is 0 Å². The molecule has 170 valence electrons. The Balaban J connectivity index is 1.50. The highest BCUT2D eigenvalue weighted by molar-refractivity contribution is 6.30. The molecule has 0 radical (unpaired) electrons. The predicted octanol–water partition coefficient (Wildman–Crippen LogP) is 5.55. The van der Waals surface area contributed by atoms with Gasteiger partial charge in [0.15, 0.2) is 6.61 Å². The molecule has 0 unspecified atom stereocenters. The van der Waals surface area contributed by atoms with Crippen LogP contribution in [0.5, 0.6) is 11.5 Å². The van der Waals surface area contributed by atoms with Gasteiger partial charge in [-0.3, -0.25) is 4.79 Å². The molecule has 0 fully saturated rings. The molecule has 0 aliphatic heterocycles. The summed E-state index contributed by atoms with van der Waals surface area (Å²) in [6.45, 7) is 1.71. The minimum atomic E-state index is -0.483. The Hall–Kier alpha value is -4.16. The molecule has 1 N–H and O–H groups in total. The van der Waals surface area contributed by atoms with Crippen LogP contribution in [0.1, 0.15) is 21.5 Å². The number of hydrogen-bond donors (Lipinski definition) is 1. The molecule has 0 spiro atoms. The highest BCUT2D eigenvalue weighted by Crippen LogP contribution is 2.27. The van der Waals surface area contributed by atoms with E-state index in [0.29, 0.717) is 27.6 Å². The van der Waals surface area contributed by atoms with Gasteiger partial charge >= 0.3 is 5.97 Å². The highest BCUT2D eigenvalue weighted by atomic mass is 35.5. The van der Waals surface area contributed by atoms with E-state index in [2.05, 4.69) is 10.5 Å². The number of aryl methyl sites for hydroxylation is 1. The van der Waals surface area contributed by atoms with Crippen molar-refractivity contribution in [2.75, 3.05) is 6.61 Å². The van der Waals surface area contributed by atoms with Gasteiger partial charge < -0.3 is 9.47 Å². The number of benzene rings is 4. The number of hydrogen-bond acceptors (Lipinski definition) is 5. The van der Waals surface area contributed by atoms with Crippen molar-refractivity contribution < 1.29 is 19.1 Å². The molecule has 0 aliphatic rings. The Morgan fingerprint density at radius 1 is 0.971 bits per heavy atom. The maximum Gasteiger partial charge on any atom is 0.343 e. The van der Waals surface area contributed by atoms with Crippen molar-refractivity contribution in [1.82, 2.24) is 5.43 Å². The molecule has 0 bridgehead atoms. The van der Waals surface area contributed by atoms with Crippen LogP contribution >= 0.6 is 11.6 Å². The van der Waals surface area contributed by atoms with Crippen molar-refractivity contribution in [3.63, 3.8) is 0 Å². The lowest BCUT2D eigenvalue weighted by Gasteiger charge is -2.11.